The SMILES string of the molecule is CC1=CC[C-]=C1.C[C](C)=[Zn].c1ccc2c(c1)[cH-]c1ccccc12. The van der Waals surface area contributed by atoms with Crippen LogP contribution in [0.4, 0.5) is 0 Å². The molecule has 0 aliphatic heterocycles. The molecule has 1 aliphatic carbocycles. The minimum Gasteiger partial charge on any atom is -0.126 e. The summed E-state index contributed by atoms with van der Waals surface area (Å²) in [7, 11) is 0. The second-order valence-corrected chi connectivity index (χ2v) is 8.99. The zero-order chi connectivity index (χ0) is 16.7. The summed E-state index contributed by atoms with van der Waals surface area (Å²) >= 11 is 1.35. The topological polar surface area (TPSA) is 0 Å². The fraction of sp³-hybridized carbons (Fsp3) is 0.182. The minimum atomic E-state index is 1.02. The molecule has 3 aromatic rings. The number of hydrogen-bond donors (Lipinski definition) is 0. The largest absolute Gasteiger partial charge is 0.126 e. The van der Waals surface area contributed by atoms with E-state index in [-0.39, 0.29) is 0 Å². The van der Waals surface area contributed by atoms with Crippen molar-refractivity contribution in [3.05, 3.63) is 78.4 Å². The molecular weight excluding hydrogens is 330 g/mol. The molecule has 0 saturated heterocycles. The van der Waals surface area contributed by atoms with Crippen LogP contribution < -0.4 is 0 Å². The molecule has 0 aromatic heterocycles. The van der Waals surface area contributed by atoms with Gasteiger partial charge in [-0.15, -0.1) is 53.1 Å². The average molecular weight is 352 g/mol. The van der Waals surface area contributed by atoms with Gasteiger partial charge in [0.2, 0.25) is 0 Å². The maximum absolute atomic E-state index is 3.05. The van der Waals surface area contributed by atoms with Gasteiger partial charge in [0.15, 0.2) is 0 Å². The van der Waals surface area contributed by atoms with Gasteiger partial charge in [0.1, 0.15) is 0 Å². The third-order valence-electron chi connectivity index (χ3n) is 3.39. The predicted octanol–water partition coefficient (Wildman–Crippen LogP) is 6.15. The van der Waals surface area contributed by atoms with Gasteiger partial charge in [-0.25, -0.2) is 11.6 Å². The number of fused-ring (bicyclic) bond motifs is 3. The average Bonchev–Trinajstić information content (AvgIpc) is 3.13. The molecule has 0 heterocycles. The molecule has 0 nitrogen and oxygen atoms in total. The van der Waals surface area contributed by atoms with Gasteiger partial charge in [0.05, 0.1) is 0 Å². The molecule has 0 bridgehead atoms. The molecule has 0 unspecified atom stereocenters. The van der Waals surface area contributed by atoms with Gasteiger partial charge >= 0.3 is 35.8 Å². The minimum absolute atomic E-state index is 1.02. The first-order chi connectivity index (χ1) is 11.1. The Bertz CT molecular complexity index is 789. The van der Waals surface area contributed by atoms with E-state index in [1.165, 1.54) is 45.0 Å². The number of benzene rings is 2. The van der Waals surface area contributed by atoms with Crippen LogP contribution in [0.1, 0.15) is 27.2 Å². The van der Waals surface area contributed by atoms with E-state index in [1.54, 1.807) is 4.11 Å². The first kappa shape index (κ1) is 17.6. The van der Waals surface area contributed by atoms with Gasteiger partial charge in [0.25, 0.3) is 0 Å². The van der Waals surface area contributed by atoms with Crippen molar-refractivity contribution in [2.45, 2.75) is 27.2 Å². The molecule has 0 amide bonds. The number of allylic oxidation sites excluding steroid dienone is 4. The fourth-order valence-corrected chi connectivity index (χ4v) is 2.40. The maximum atomic E-state index is 3.05. The molecule has 0 N–H and O–H groups in total. The molecule has 0 atom stereocenters. The fourth-order valence-electron chi connectivity index (χ4n) is 2.40. The van der Waals surface area contributed by atoms with Crippen LogP contribution >= 0.6 is 0 Å². The van der Waals surface area contributed by atoms with Crippen LogP contribution in [0.2, 0.25) is 0 Å². The smallest absolute Gasteiger partial charge is 0.0771 e. The van der Waals surface area contributed by atoms with Crippen molar-refractivity contribution in [3.8, 4) is 0 Å². The normalized spacial score (nSPS) is 12.3. The van der Waals surface area contributed by atoms with Crippen molar-refractivity contribution in [1.82, 2.24) is 0 Å². The molecule has 23 heavy (non-hydrogen) atoms. The molecule has 0 fully saturated rings. The van der Waals surface area contributed by atoms with Crippen molar-refractivity contribution in [3.63, 3.8) is 0 Å². The first-order valence-electron chi connectivity index (χ1n) is 7.96. The Morgan fingerprint density at radius 1 is 0.957 bits per heavy atom. The summed E-state index contributed by atoms with van der Waals surface area (Å²) in [6, 6.07) is 19.3. The van der Waals surface area contributed by atoms with E-state index >= 15 is 0 Å². The van der Waals surface area contributed by atoms with E-state index in [1.807, 2.05) is 6.08 Å². The molecular formula is C22H22Zn-2. The molecule has 4 rings (SSSR count). The van der Waals surface area contributed by atoms with Crippen molar-refractivity contribution >= 4 is 25.7 Å². The van der Waals surface area contributed by atoms with E-state index in [0.717, 1.165) is 6.42 Å². The molecule has 1 aliphatic rings. The number of rotatable bonds is 0. The van der Waals surface area contributed by atoms with Crippen LogP contribution in [0.3, 0.4) is 0 Å². The summed E-state index contributed by atoms with van der Waals surface area (Å²) in [5.41, 5.74) is 1.34. The van der Waals surface area contributed by atoms with Crippen molar-refractivity contribution in [2.24, 2.45) is 0 Å². The molecule has 114 valence electrons. The Kier molecular flexibility index (Phi) is 6.74. The summed E-state index contributed by atoms with van der Waals surface area (Å²) < 4.78 is 1.54. The van der Waals surface area contributed by atoms with Gasteiger partial charge in [-0.05, 0) is 0 Å². The maximum Gasteiger partial charge on any atom is -0.0771 e. The second-order valence-electron chi connectivity index (χ2n) is 6.03. The second kappa shape index (κ2) is 8.80. The Morgan fingerprint density at radius 3 is 1.78 bits per heavy atom. The predicted molar refractivity (Wildman–Crippen MR) is 99.6 cm³/mol. The molecule has 1 heteroatoms. The Labute approximate surface area is 149 Å². The molecule has 0 saturated carbocycles. The zero-order valence-corrected chi connectivity index (χ0v) is 17.2. The van der Waals surface area contributed by atoms with Crippen LogP contribution in [0.15, 0.2) is 72.3 Å². The van der Waals surface area contributed by atoms with Crippen molar-refractivity contribution < 1.29 is 17.9 Å². The van der Waals surface area contributed by atoms with Gasteiger partial charge in [-0.3, -0.25) is 6.08 Å². The van der Waals surface area contributed by atoms with Gasteiger partial charge < -0.3 is 0 Å². The van der Waals surface area contributed by atoms with E-state index in [4.69, 9.17) is 0 Å². The third kappa shape index (κ3) is 5.45. The van der Waals surface area contributed by atoms with Crippen LogP contribution in [-0.4, -0.2) is 4.11 Å². The molecule has 3 aromatic carbocycles. The van der Waals surface area contributed by atoms with Gasteiger partial charge in [-0.2, -0.15) is 6.08 Å². The Hall–Kier alpha value is -1.72. The summed E-state index contributed by atoms with van der Waals surface area (Å²) in [5, 5.41) is 5.39. The summed E-state index contributed by atoms with van der Waals surface area (Å²) in [6.45, 7) is 6.36. The quantitative estimate of drug-likeness (QED) is 0.336. The monoisotopic (exact) mass is 350 g/mol. The molecule has 0 spiro atoms. The van der Waals surface area contributed by atoms with Crippen LogP contribution in [0, 0.1) is 6.08 Å². The Morgan fingerprint density at radius 2 is 1.43 bits per heavy atom. The number of hydrogen-bond acceptors (Lipinski definition) is 0. The summed E-state index contributed by atoms with van der Waals surface area (Å²) in [5.74, 6) is 0. The van der Waals surface area contributed by atoms with E-state index in [9.17, 15) is 0 Å². The van der Waals surface area contributed by atoms with Gasteiger partial charge in [0, 0.05) is 0 Å². The third-order valence-corrected chi connectivity index (χ3v) is 3.39. The summed E-state index contributed by atoms with van der Waals surface area (Å²) in [4.78, 5) is 0. The van der Waals surface area contributed by atoms with Crippen molar-refractivity contribution in [1.29, 1.82) is 0 Å². The van der Waals surface area contributed by atoms with E-state index in [2.05, 4.69) is 87.5 Å². The standard InChI is InChI=1S/C13H9.C6H7.C3H6.Zn/c1-3-7-12-10(5-1)9-11-6-2-4-8-13(11)12;1-6-4-2-3-5-6;1-3-2;/h1-9H;4-5H,2H2,1H3;1-2H3;/q2*-1;;. The van der Waals surface area contributed by atoms with Crippen molar-refractivity contribution in [2.75, 3.05) is 0 Å². The summed E-state index contributed by atoms with van der Waals surface area (Å²) in [6.07, 6.45) is 8.24. The molecule has 0 radical (unpaired) electrons. The zero-order valence-electron chi connectivity index (χ0n) is 14.3. The van der Waals surface area contributed by atoms with Gasteiger partial charge in [-0.1, -0.05) is 36.4 Å². The van der Waals surface area contributed by atoms with Crippen LogP contribution in [0.5, 0.6) is 0 Å². The van der Waals surface area contributed by atoms with E-state index in [0.29, 0.717) is 0 Å². The Balaban J connectivity index is 0.000000161. The first-order valence-corrected chi connectivity index (χ1v) is 9.45. The van der Waals surface area contributed by atoms with Crippen LogP contribution in [0.25, 0.3) is 21.5 Å². The van der Waals surface area contributed by atoms with E-state index < -0.39 is 0 Å². The van der Waals surface area contributed by atoms with Crippen LogP contribution in [-0.2, 0) is 17.9 Å².